The molecule has 2 nitrogen and oxygen atoms in total. The Morgan fingerprint density at radius 2 is 2.18 bits per heavy atom. The Hall–Kier alpha value is -1.31. The minimum absolute atomic E-state index is 0.947. The monoisotopic (exact) mass is 151 g/mol. The van der Waals surface area contributed by atoms with Crippen LogP contribution in [0.1, 0.15) is 13.8 Å². The van der Waals surface area contributed by atoms with E-state index in [1.165, 1.54) is 6.21 Å². The molecule has 0 spiro atoms. The van der Waals surface area contributed by atoms with Crippen LogP contribution in [0.25, 0.3) is 0 Å². The molecule has 0 aromatic carbocycles. The fourth-order valence-corrected chi connectivity index (χ4v) is 0.633. The first-order chi connectivity index (χ1) is 5.22. The zero-order valence-electron chi connectivity index (χ0n) is 6.91. The van der Waals surface area contributed by atoms with E-state index in [0.29, 0.717) is 0 Å². The molecule has 0 bridgehead atoms. The number of hydrogen-bond donors (Lipinski definition) is 1. The minimum atomic E-state index is 0.947. The van der Waals surface area contributed by atoms with Crippen LogP contribution < -0.4 is 0 Å². The van der Waals surface area contributed by atoms with Crippen LogP contribution in [-0.4, -0.2) is 11.4 Å². The first-order valence-electron chi connectivity index (χ1n) is 3.38. The summed E-state index contributed by atoms with van der Waals surface area (Å²) in [5.41, 5.74) is 1.91. The predicted molar refractivity (Wildman–Crippen MR) is 48.0 cm³/mol. The number of oxime groups is 1. The van der Waals surface area contributed by atoms with Gasteiger partial charge in [0.1, 0.15) is 0 Å². The van der Waals surface area contributed by atoms with Crippen LogP contribution >= 0.6 is 0 Å². The Balaban J connectivity index is 4.45. The van der Waals surface area contributed by atoms with Gasteiger partial charge in [0.2, 0.25) is 0 Å². The fourth-order valence-electron chi connectivity index (χ4n) is 0.633. The zero-order valence-corrected chi connectivity index (χ0v) is 6.91. The second-order valence-corrected chi connectivity index (χ2v) is 2.17. The van der Waals surface area contributed by atoms with Crippen LogP contribution in [0.5, 0.6) is 0 Å². The standard InChI is InChI=1S/C9H13NO/c1-4-5-9(8(2)3)6-7-10-11/h4-7,11H,2H2,1,3H3/b5-4+,9-6-,10-7?. The minimum Gasteiger partial charge on any atom is -0.411 e. The highest BCUT2D eigenvalue weighted by atomic mass is 16.4. The molecule has 0 rings (SSSR count). The average Bonchev–Trinajstić information content (AvgIpc) is 1.97. The quantitative estimate of drug-likeness (QED) is 0.286. The van der Waals surface area contributed by atoms with E-state index in [9.17, 15) is 0 Å². The topological polar surface area (TPSA) is 32.6 Å². The fraction of sp³-hybridized carbons (Fsp3) is 0.222. The summed E-state index contributed by atoms with van der Waals surface area (Å²) < 4.78 is 0. The molecule has 2 heteroatoms. The van der Waals surface area contributed by atoms with E-state index in [1.807, 2.05) is 26.0 Å². The summed E-state index contributed by atoms with van der Waals surface area (Å²) in [6, 6.07) is 0. The van der Waals surface area contributed by atoms with E-state index in [2.05, 4.69) is 11.7 Å². The van der Waals surface area contributed by atoms with Crippen molar-refractivity contribution >= 4 is 6.21 Å². The Labute approximate surface area is 67.2 Å². The average molecular weight is 151 g/mol. The highest BCUT2D eigenvalue weighted by molar-refractivity contribution is 5.74. The highest BCUT2D eigenvalue weighted by Gasteiger charge is 1.88. The van der Waals surface area contributed by atoms with Gasteiger partial charge in [0, 0.05) is 0 Å². The molecule has 0 radical (unpaired) electrons. The third-order valence-electron chi connectivity index (χ3n) is 1.16. The summed E-state index contributed by atoms with van der Waals surface area (Å²) in [5, 5.41) is 11.0. The van der Waals surface area contributed by atoms with Crippen LogP contribution in [-0.2, 0) is 0 Å². The molecule has 0 fully saturated rings. The molecule has 0 amide bonds. The molecule has 0 aliphatic rings. The number of hydrogen-bond acceptors (Lipinski definition) is 2. The van der Waals surface area contributed by atoms with E-state index >= 15 is 0 Å². The van der Waals surface area contributed by atoms with Gasteiger partial charge < -0.3 is 5.21 Å². The first-order valence-corrected chi connectivity index (χ1v) is 3.38. The van der Waals surface area contributed by atoms with Gasteiger partial charge >= 0.3 is 0 Å². The van der Waals surface area contributed by atoms with Crippen LogP contribution in [0.3, 0.4) is 0 Å². The van der Waals surface area contributed by atoms with Crippen molar-refractivity contribution < 1.29 is 5.21 Å². The van der Waals surface area contributed by atoms with Crippen LogP contribution in [0.4, 0.5) is 0 Å². The van der Waals surface area contributed by atoms with Crippen molar-refractivity contribution in [3.8, 4) is 0 Å². The molecule has 0 heterocycles. The van der Waals surface area contributed by atoms with E-state index in [-0.39, 0.29) is 0 Å². The van der Waals surface area contributed by atoms with Crippen molar-refractivity contribution in [2.45, 2.75) is 13.8 Å². The summed E-state index contributed by atoms with van der Waals surface area (Å²) in [6.45, 7) is 7.59. The van der Waals surface area contributed by atoms with E-state index in [1.54, 1.807) is 6.08 Å². The molecule has 1 N–H and O–H groups in total. The second kappa shape index (κ2) is 5.47. The summed E-state index contributed by atoms with van der Waals surface area (Å²) in [7, 11) is 0. The van der Waals surface area contributed by atoms with Gasteiger partial charge in [-0.1, -0.05) is 29.5 Å². The predicted octanol–water partition coefficient (Wildman–Crippen LogP) is 2.53. The maximum atomic E-state index is 8.14. The summed E-state index contributed by atoms with van der Waals surface area (Å²) >= 11 is 0. The molecule has 0 aliphatic carbocycles. The van der Waals surface area contributed by atoms with Crippen LogP contribution in [0, 0.1) is 0 Å². The SMILES string of the molecule is C=C(C)C(=C\C=NO)/C=C/C. The third-order valence-corrected chi connectivity index (χ3v) is 1.16. The maximum absolute atomic E-state index is 8.14. The van der Waals surface area contributed by atoms with E-state index in [0.717, 1.165) is 11.1 Å². The van der Waals surface area contributed by atoms with Gasteiger partial charge in [-0.3, -0.25) is 0 Å². The lowest BCUT2D eigenvalue weighted by Gasteiger charge is -1.96. The van der Waals surface area contributed by atoms with Gasteiger partial charge in [-0.05, 0) is 25.5 Å². The van der Waals surface area contributed by atoms with Crippen molar-refractivity contribution in [2.24, 2.45) is 5.16 Å². The van der Waals surface area contributed by atoms with Crippen molar-refractivity contribution in [3.63, 3.8) is 0 Å². The maximum Gasteiger partial charge on any atom is 0.0667 e. The van der Waals surface area contributed by atoms with Gasteiger partial charge in [0.05, 0.1) is 6.21 Å². The molecule has 0 saturated heterocycles. The summed E-state index contributed by atoms with van der Waals surface area (Å²) in [4.78, 5) is 0. The molecule has 11 heavy (non-hydrogen) atoms. The Morgan fingerprint density at radius 3 is 2.55 bits per heavy atom. The smallest absolute Gasteiger partial charge is 0.0667 e. The lowest BCUT2D eigenvalue weighted by atomic mass is 10.1. The number of rotatable bonds is 3. The number of allylic oxidation sites excluding steroid dienone is 5. The molecule has 0 saturated carbocycles. The molecule has 0 aromatic rings. The van der Waals surface area contributed by atoms with Gasteiger partial charge in [-0.2, -0.15) is 0 Å². The Kier molecular flexibility index (Phi) is 4.82. The van der Waals surface area contributed by atoms with Crippen molar-refractivity contribution in [2.75, 3.05) is 0 Å². The molecule has 0 aromatic heterocycles. The summed E-state index contributed by atoms with van der Waals surface area (Å²) in [6.07, 6.45) is 6.84. The molecular formula is C9H13NO. The first kappa shape index (κ1) is 9.69. The van der Waals surface area contributed by atoms with Crippen LogP contribution in [0.15, 0.2) is 41.1 Å². The van der Waals surface area contributed by atoms with Crippen LogP contribution in [0.2, 0.25) is 0 Å². The molecule has 0 aliphatic heterocycles. The normalized spacial score (nSPS) is 13.1. The lowest BCUT2D eigenvalue weighted by Crippen LogP contribution is -1.79. The van der Waals surface area contributed by atoms with Crippen molar-refractivity contribution in [3.05, 3.63) is 36.0 Å². The summed E-state index contributed by atoms with van der Waals surface area (Å²) in [5.74, 6) is 0. The Bertz CT molecular complexity index is 212. The van der Waals surface area contributed by atoms with Crippen molar-refractivity contribution in [1.82, 2.24) is 0 Å². The van der Waals surface area contributed by atoms with Gasteiger partial charge in [-0.15, -0.1) is 0 Å². The highest BCUT2D eigenvalue weighted by Crippen LogP contribution is 2.06. The molecular weight excluding hydrogens is 138 g/mol. The second-order valence-electron chi connectivity index (χ2n) is 2.17. The Morgan fingerprint density at radius 1 is 1.55 bits per heavy atom. The van der Waals surface area contributed by atoms with E-state index < -0.39 is 0 Å². The third kappa shape index (κ3) is 4.14. The van der Waals surface area contributed by atoms with Gasteiger partial charge in [-0.25, -0.2) is 0 Å². The largest absolute Gasteiger partial charge is 0.411 e. The molecule has 0 unspecified atom stereocenters. The zero-order chi connectivity index (χ0) is 8.69. The van der Waals surface area contributed by atoms with Crippen molar-refractivity contribution in [1.29, 1.82) is 0 Å². The van der Waals surface area contributed by atoms with Gasteiger partial charge in [0.15, 0.2) is 0 Å². The molecule has 0 atom stereocenters. The molecule has 60 valence electrons. The number of nitrogens with zero attached hydrogens (tertiary/aromatic N) is 1. The lowest BCUT2D eigenvalue weighted by molar-refractivity contribution is 0.322. The van der Waals surface area contributed by atoms with Gasteiger partial charge in [0.25, 0.3) is 0 Å². The van der Waals surface area contributed by atoms with E-state index in [4.69, 9.17) is 5.21 Å².